The molecule has 214 valence electrons. The van der Waals surface area contributed by atoms with E-state index in [0.29, 0.717) is 0 Å². The fourth-order valence-electron chi connectivity index (χ4n) is 3.87. The second-order valence-corrected chi connectivity index (χ2v) is 17.9. The predicted molar refractivity (Wildman–Crippen MR) is 177 cm³/mol. The van der Waals surface area contributed by atoms with Crippen molar-refractivity contribution in [3.63, 3.8) is 0 Å². The third-order valence-electron chi connectivity index (χ3n) is 5.84. The zero-order chi connectivity index (χ0) is 28.2. The Morgan fingerprint density at radius 1 is 0.553 bits per heavy atom. The van der Waals surface area contributed by atoms with Crippen LogP contribution in [-0.2, 0) is 33.1 Å². The zero-order valence-electron chi connectivity index (χ0n) is 25.4. The average Bonchev–Trinajstić information content (AvgIpc) is 2.85. The molecule has 0 radical (unpaired) electrons. The number of benzene rings is 3. The van der Waals surface area contributed by atoms with E-state index in [0.717, 1.165) is 27.5 Å². The van der Waals surface area contributed by atoms with Crippen LogP contribution < -0.4 is 0 Å². The van der Waals surface area contributed by atoms with Crippen molar-refractivity contribution in [1.29, 1.82) is 0 Å². The minimum absolute atomic E-state index is 0. The monoisotopic (exact) mass is 660 g/mol. The fraction of sp³-hybridized carbons (Fsp3) is 0.471. The van der Waals surface area contributed by atoms with Crippen molar-refractivity contribution >= 4 is 28.5 Å². The summed E-state index contributed by atoms with van der Waals surface area (Å²) >= 11 is 4.87. The van der Waals surface area contributed by atoms with E-state index in [2.05, 4.69) is 87.4 Å². The van der Waals surface area contributed by atoms with Gasteiger partial charge in [0.15, 0.2) is 0 Å². The van der Waals surface area contributed by atoms with Gasteiger partial charge in [-0.2, -0.15) is 41.3 Å². The fourth-order valence-corrected chi connectivity index (χ4v) is 10.3. The number of aryl methyl sites for hydroxylation is 2. The van der Waals surface area contributed by atoms with E-state index in [4.69, 9.17) is 12.6 Å². The van der Waals surface area contributed by atoms with Gasteiger partial charge in [-0.05, 0) is 48.8 Å². The van der Waals surface area contributed by atoms with Gasteiger partial charge in [0.25, 0.3) is 0 Å². The molecule has 0 amide bonds. The molecule has 0 unspecified atom stereocenters. The van der Waals surface area contributed by atoms with E-state index in [-0.39, 0.29) is 36.3 Å². The van der Waals surface area contributed by atoms with Gasteiger partial charge in [0.05, 0.1) is 0 Å². The molecule has 3 rings (SSSR count). The van der Waals surface area contributed by atoms with Crippen molar-refractivity contribution in [2.45, 2.75) is 96.8 Å². The van der Waals surface area contributed by atoms with Gasteiger partial charge >= 0.3 is 20.4 Å². The molecule has 0 spiro atoms. The Hall–Kier alpha value is -0.598. The van der Waals surface area contributed by atoms with E-state index in [9.17, 15) is 0 Å². The Labute approximate surface area is 258 Å². The van der Waals surface area contributed by atoms with Crippen LogP contribution in [0, 0.1) is 19.9 Å². The summed E-state index contributed by atoms with van der Waals surface area (Å²) < 4.78 is 0. The van der Waals surface area contributed by atoms with Crippen molar-refractivity contribution < 1.29 is 20.4 Å². The molecule has 0 bridgehead atoms. The smallest absolute Gasteiger partial charge is 0.780 e. The summed E-state index contributed by atoms with van der Waals surface area (Å²) in [4.78, 5) is 0.913. The molecule has 0 nitrogen and oxygen atoms in total. The Bertz CT molecular complexity index is 798. The van der Waals surface area contributed by atoms with Crippen molar-refractivity contribution in [2.24, 2.45) is 0 Å². The second-order valence-electron chi connectivity index (χ2n) is 10.4. The summed E-state index contributed by atoms with van der Waals surface area (Å²) in [7, 11) is 0.511. The maximum atomic E-state index is 4.87. The van der Waals surface area contributed by atoms with Crippen LogP contribution >= 0.6 is 15.8 Å². The first-order valence-electron chi connectivity index (χ1n) is 13.6. The Balaban J connectivity index is 0. The minimum atomic E-state index is 0. The molecule has 0 aliphatic heterocycles. The molecule has 0 heterocycles. The first-order chi connectivity index (χ1) is 17.5. The number of hydrogen-bond donors (Lipinski definition) is 0. The van der Waals surface area contributed by atoms with E-state index in [1.807, 2.05) is 72.8 Å². The summed E-state index contributed by atoms with van der Waals surface area (Å²) in [5.74, 6) is 0. The molecule has 0 aromatic heterocycles. The predicted octanol–water partition coefficient (Wildman–Crippen LogP) is 11.0. The maximum absolute atomic E-state index is 4.87. The van der Waals surface area contributed by atoms with Gasteiger partial charge in [0.1, 0.15) is 0 Å². The number of rotatable bonds is 7. The summed E-state index contributed by atoms with van der Waals surface area (Å²) in [6.07, 6.45) is 3.01. The topological polar surface area (TPSA) is 0 Å². The second kappa shape index (κ2) is 24.2. The quantitative estimate of drug-likeness (QED) is 0.105. The van der Waals surface area contributed by atoms with Crippen LogP contribution in [0.5, 0.6) is 0 Å². The Kier molecular flexibility index (Phi) is 25.2. The molecule has 3 aromatic carbocycles. The largest absolute Gasteiger partial charge is 2.00 e. The zero-order valence-corrected chi connectivity index (χ0v) is 29.6. The molecular formula is C34H52P2PdS. The van der Waals surface area contributed by atoms with Gasteiger partial charge in [-0.25, -0.2) is 0 Å². The molecular weight excluding hydrogens is 609 g/mol. The first-order valence-corrected chi connectivity index (χ1v) is 17.4. The van der Waals surface area contributed by atoms with E-state index >= 15 is 0 Å². The van der Waals surface area contributed by atoms with Gasteiger partial charge < -0.3 is 12.6 Å². The van der Waals surface area contributed by atoms with Gasteiger partial charge in [0, 0.05) is 0 Å². The Morgan fingerprint density at radius 3 is 1.11 bits per heavy atom. The van der Waals surface area contributed by atoms with Crippen molar-refractivity contribution in [1.82, 2.24) is 0 Å². The van der Waals surface area contributed by atoms with Crippen molar-refractivity contribution in [2.75, 3.05) is 12.3 Å². The summed E-state index contributed by atoms with van der Waals surface area (Å²) in [5, 5.41) is 0. The third kappa shape index (κ3) is 21.3. The Morgan fingerprint density at radius 2 is 0.895 bits per heavy atom. The van der Waals surface area contributed by atoms with Gasteiger partial charge in [-0.3, -0.25) is 0 Å². The van der Waals surface area contributed by atoms with E-state index in [1.165, 1.54) is 23.5 Å². The molecule has 0 aliphatic rings. The average molecular weight is 661 g/mol. The normalized spacial score (nSPS) is 10.3. The molecule has 0 fully saturated rings. The summed E-state index contributed by atoms with van der Waals surface area (Å²) in [6, 6.07) is 30.7. The maximum Gasteiger partial charge on any atom is 2.00 e. The summed E-state index contributed by atoms with van der Waals surface area (Å²) in [6.45, 7) is 23.5. The SMILES string of the molecule is CC(C)P(CCP(C(C)C)C(C)C)C(C)C.Cc1ccc([S-])cc1.Cc1ccccc1.[Pd+2].[c-]1ccccc1. The third-order valence-corrected chi connectivity index (χ3v) is 13.2. The molecule has 0 aliphatic carbocycles. The van der Waals surface area contributed by atoms with Crippen LogP contribution in [-0.4, -0.2) is 35.0 Å². The molecule has 3 aromatic rings. The van der Waals surface area contributed by atoms with E-state index < -0.39 is 0 Å². The standard InChI is InChI=1S/C14H32P2.C7H8S.C7H8.C6H5.Pd/c1-11(2)15(12(3)4)9-10-16(13(5)6)14(7)8;1-6-2-4-7(8)5-3-6;1-7-5-3-2-4-6-7;1-2-4-6-5-3-1;/h11-14H,9-10H2,1-8H3;2-5,8H,1H3;2-6H,1H3;1-5H;/q;;;-1;+2/p-1. The first kappa shape index (κ1) is 39.5. The van der Waals surface area contributed by atoms with Gasteiger partial charge in [-0.15, -0.1) is 15.8 Å². The molecule has 38 heavy (non-hydrogen) atoms. The van der Waals surface area contributed by atoms with Gasteiger partial charge in [-0.1, -0.05) is 121 Å². The minimum Gasteiger partial charge on any atom is -0.780 e. The van der Waals surface area contributed by atoms with Crippen LogP contribution in [0.1, 0.15) is 66.5 Å². The van der Waals surface area contributed by atoms with Crippen LogP contribution in [0.25, 0.3) is 0 Å². The van der Waals surface area contributed by atoms with Crippen molar-refractivity contribution in [3.8, 4) is 0 Å². The number of hydrogen-bond acceptors (Lipinski definition) is 1. The van der Waals surface area contributed by atoms with Crippen molar-refractivity contribution in [3.05, 3.63) is 102 Å². The molecule has 0 saturated heterocycles. The van der Waals surface area contributed by atoms with Crippen LogP contribution in [0.2, 0.25) is 0 Å². The molecule has 4 heteroatoms. The summed E-state index contributed by atoms with van der Waals surface area (Å²) in [5.41, 5.74) is 6.22. The molecule has 0 saturated carbocycles. The van der Waals surface area contributed by atoms with Crippen LogP contribution in [0.15, 0.2) is 89.8 Å². The molecule has 0 N–H and O–H groups in total. The van der Waals surface area contributed by atoms with Crippen LogP contribution in [0.4, 0.5) is 0 Å². The molecule has 0 atom stereocenters. The van der Waals surface area contributed by atoms with Crippen LogP contribution in [0.3, 0.4) is 0 Å². The van der Waals surface area contributed by atoms with Gasteiger partial charge in [0.2, 0.25) is 0 Å². The van der Waals surface area contributed by atoms with E-state index in [1.54, 1.807) is 0 Å².